The molecule has 4 heteroatoms. The molecule has 0 amide bonds. The average Bonchev–Trinajstić information content (AvgIpc) is 2.77. The van der Waals surface area contributed by atoms with Gasteiger partial charge in [0.15, 0.2) is 0 Å². The summed E-state index contributed by atoms with van der Waals surface area (Å²) < 4.78 is 7.26. The maximum absolute atomic E-state index is 5.39. The molecule has 2 aromatic rings. The maximum atomic E-state index is 5.39. The SMILES string of the molecule is COc1cc(C)ccc1NC(C)c1ccnn1C. The predicted octanol–water partition coefficient (Wildman–Crippen LogP) is 2.91. The second kappa shape index (κ2) is 5.12. The van der Waals surface area contributed by atoms with Crippen LogP contribution in [-0.2, 0) is 7.05 Å². The van der Waals surface area contributed by atoms with Gasteiger partial charge in [0.25, 0.3) is 0 Å². The molecule has 0 aliphatic rings. The number of benzene rings is 1. The number of nitrogens with zero attached hydrogens (tertiary/aromatic N) is 2. The highest BCUT2D eigenvalue weighted by atomic mass is 16.5. The second-order valence-corrected chi connectivity index (χ2v) is 4.45. The van der Waals surface area contributed by atoms with Crippen molar-refractivity contribution in [3.05, 3.63) is 41.7 Å². The van der Waals surface area contributed by atoms with Crippen molar-refractivity contribution in [2.45, 2.75) is 19.9 Å². The number of hydrogen-bond acceptors (Lipinski definition) is 3. The fourth-order valence-corrected chi connectivity index (χ4v) is 2.03. The van der Waals surface area contributed by atoms with E-state index in [1.54, 1.807) is 13.3 Å². The minimum Gasteiger partial charge on any atom is -0.495 e. The molecule has 1 aromatic carbocycles. The van der Waals surface area contributed by atoms with Crippen LogP contribution in [-0.4, -0.2) is 16.9 Å². The summed E-state index contributed by atoms with van der Waals surface area (Å²) in [6, 6.07) is 8.33. The Hall–Kier alpha value is -1.97. The molecular weight excluding hydrogens is 226 g/mol. The fraction of sp³-hybridized carbons (Fsp3) is 0.357. The van der Waals surface area contributed by atoms with E-state index in [9.17, 15) is 0 Å². The van der Waals surface area contributed by atoms with Crippen LogP contribution in [0.4, 0.5) is 5.69 Å². The molecule has 96 valence electrons. The van der Waals surface area contributed by atoms with Gasteiger partial charge in [-0.3, -0.25) is 4.68 Å². The molecule has 1 heterocycles. The van der Waals surface area contributed by atoms with Gasteiger partial charge in [-0.1, -0.05) is 6.07 Å². The van der Waals surface area contributed by atoms with E-state index in [4.69, 9.17) is 4.74 Å². The van der Waals surface area contributed by atoms with Crippen LogP contribution in [0.15, 0.2) is 30.5 Å². The number of hydrogen-bond donors (Lipinski definition) is 1. The Balaban J connectivity index is 2.21. The van der Waals surface area contributed by atoms with Crippen molar-refractivity contribution in [2.24, 2.45) is 7.05 Å². The molecule has 18 heavy (non-hydrogen) atoms. The summed E-state index contributed by atoms with van der Waals surface area (Å²) >= 11 is 0. The highest BCUT2D eigenvalue weighted by Crippen LogP contribution is 2.28. The zero-order chi connectivity index (χ0) is 13.1. The molecule has 0 bridgehead atoms. The van der Waals surface area contributed by atoms with E-state index in [0.29, 0.717) is 0 Å². The van der Waals surface area contributed by atoms with E-state index in [-0.39, 0.29) is 6.04 Å². The lowest BCUT2D eigenvalue weighted by molar-refractivity contribution is 0.415. The van der Waals surface area contributed by atoms with E-state index in [1.807, 2.05) is 29.9 Å². The monoisotopic (exact) mass is 245 g/mol. The van der Waals surface area contributed by atoms with Gasteiger partial charge >= 0.3 is 0 Å². The van der Waals surface area contributed by atoms with E-state index in [2.05, 4.69) is 30.3 Å². The minimum atomic E-state index is 0.175. The number of nitrogens with one attached hydrogen (secondary N) is 1. The Labute approximate surface area is 108 Å². The van der Waals surface area contributed by atoms with Gasteiger partial charge in [0.1, 0.15) is 5.75 Å². The smallest absolute Gasteiger partial charge is 0.142 e. The molecule has 0 aliphatic carbocycles. The van der Waals surface area contributed by atoms with Crippen molar-refractivity contribution in [1.82, 2.24) is 9.78 Å². The lowest BCUT2D eigenvalue weighted by Crippen LogP contribution is -2.12. The summed E-state index contributed by atoms with van der Waals surface area (Å²) in [6.45, 7) is 4.16. The number of anilines is 1. The van der Waals surface area contributed by atoms with Gasteiger partial charge in [0.05, 0.1) is 24.5 Å². The van der Waals surface area contributed by atoms with Crippen LogP contribution in [0.1, 0.15) is 24.2 Å². The first-order chi connectivity index (χ1) is 8.61. The van der Waals surface area contributed by atoms with E-state index in [0.717, 1.165) is 17.1 Å². The normalized spacial score (nSPS) is 12.2. The summed E-state index contributed by atoms with van der Waals surface area (Å²) in [5.74, 6) is 0.865. The van der Waals surface area contributed by atoms with Crippen molar-refractivity contribution >= 4 is 5.69 Å². The van der Waals surface area contributed by atoms with E-state index >= 15 is 0 Å². The zero-order valence-corrected chi connectivity index (χ0v) is 11.3. The zero-order valence-electron chi connectivity index (χ0n) is 11.3. The lowest BCUT2D eigenvalue weighted by atomic mass is 10.1. The molecule has 0 spiro atoms. The van der Waals surface area contributed by atoms with Crippen LogP contribution in [0, 0.1) is 6.92 Å². The third-order valence-corrected chi connectivity index (χ3v) is 3.03. The Morgan fingerprint density at radius 3 is 2.72 bits per heavy atom. The summed E-state index contributed by atoms with van der Waals surface area (Å²) in [4.78, 5) is 0. The molecule has 1 aromatic heterocycles. The Morgan fingerprint density at radius 1 is 1.33 bits per heavy atom. The Morgan fingerprint density at radius 2 is 2.11 bits per heavy atom. The average molecular weight is 245 g/mol. The molecule has 2 rings (SSSR count). The third kappa shape index (κ3) is 2.47. The van der Waals surface area contributed by atoms with Crippen LogP contribution in [0.5, 0.6) is 5.75 Å². The predicted molar refractivity (Wildman–Crippen MR) is 73.0 cm³/mol. The second-order valence-electron chi connectivity index (χ2n) is 4.45. The van der Waals surface area contributed by atoms with Crippen LogP contribution < -0.4 is 10.1 Å². The number of ether oxygens (including phenoxy) is 1. The molecule has 0 fully saturated rings. The lowest BCUT2D eigenvalue weighted by Gasteiger charge is -2.18. The molecule has 0 saturated heterocycles. The fourth-order valence-electron chi connectivity index (χ4n) is 2.03. The van der Waals surface area contributed by atoms with Gasteiger partial charge in [-0.2, -0.15) is 5.10 Å². The minimum absolute atomic E-state index is 0.175. The molecule has 1 N–H and O–H groups in total. The summed E-state index contributed by atoms with van der Waals surface area (Å²) in [5, 5.41) is 7.63. The Bertz CT molecular complexity index is 534. The molecular formula is C14H19N3O. The standard InChI is InChI=1S/C14H19N3O/c1-10-5-6-12(14(9-10)18-4)16-11(2)13-7-8-15-17(13)3/h5-9,11,16H,1-4H3. The summed E-state index contributed by atoms with van der Waals surface area (Å²) in [7, 11) is 3.63. The van der Waals surface area contributed by atoms with Crippen LogP contribution in [0.3, 0.4) is 0 Å². The third-order valence-electron chi connectivity index (χ3n) is 3.03. The van der Waals surface area contributed by atoms with Crippen LogP contribution in [0.2, 0.25) is 0 Å². The van der Waals surface area contributed by atoms with Crippen molar-refractivity contribution in [2.75, 3.05) is 12.4 Å². The van der Waals surface area contributed by atoms with Gasteiger partial charge in [-0.25, -0.2) is 0 Å². The van der Waals surface area contributed by atoms with Crippen molar-refractivity contribution < 1.29 is 4.74 Å². The van der Waals surface area contributed by atoms with Crippen molar-refractivity contribution in [3.63, 3.8) is 0 Å². The number of methoxy groups -OCH3 is 1. The van der Waals surface area contributed by atoms with Crippen LogP contribution >= 0.6 is 0 Å². The number of aromatic nitrogens is 2. The Kier molecular flexibility index (Phi) is 3.55. The highest BCUT2D eigenvalue weighted by molar-refractivity contribution is 5.58. The topological polar surface area (TPSA) is 39.1 Å². The summed E-state index contributed by atoms with van der Waals surface area (Å²) in [6.07, 6.45) is 1.81. The molecule has 1 unspecified atom stereocenters. The number of rotatable bonds is 4. The maximum Gasteiger partial charge on any atom is 0.142 e. The molecule has 1 atom stereocenters. The van der Waals surface area contributed by atoms with Gasteiger partial charge in [0, 0.05) is 13.2 Å². The van der Waals surface area contributed by atoms with Gasteiger partial charge in [-0.05, 0) is 37.6 Å². The molecule has 0 aliphatic heterocycles. The first kappa shape index (κ1) is 12.5. The first-order valence-electron chi connectivity index (χ1n) is 6.01. The van der Waals surface area contributed by atoms with Gasteiger partial charge in [0.2, 0.25) is 0 Å². The van der Waals surface area contributed by atoms with Crippen molar-refractivity contribution in [3.8, 4) is 5.75 Å². The number of aryl methyl sites for hydroxylation is 2. The first-order valence-corrected chi connectivity index (χ1v) is 6.01. The largest absolute Gasteiger partial charge is 0.495 e. The molecule has 0 radical (unpaired) electrons. The van der Waals surface area contributed by atoms with Gasteiger partial charge < -0.3 is 10.1 Å². The summed E-state index contributed by atoms with van der Waals surface area (Å²) in [5.41, 5.74) is 3.32. The van der Waals surface area contributed by atoms with Crippen molar-refractivity contribution in [1.29, 1.82) is 0 Å². The quantitative estimate of drug-likeness (QED) is 0.900. The highest BCUT2D eigenvalue weighted by Gasteiger charge is 2.11. The molecule has 4 nitrogen and oxygen atoms in total. The van der Waals surface area contributed by atoms with E-state index in [1.165, 1.54) is 5.56 Å². The molecule has 0 saturated carbocycles. The van der Waals surface area contributed by atoms with Gasteiger partial charge in [-0.15, -0.1) is 0 Å². The van der Waals surface area contributed by atoms with E-state index < -0.39 is 0 Å². The van der Waals surface area contributed by atoms with Crippen LogP contribution in [0.25, 0.3) is 0 Å².